The van der Waals surface area contributed by atoms with Gasteiger partial charge in [0.15, 0.2) is 11.5 Å². The fraction of sp³-hybridized carbons (Fsp3) is 0.0714. The number of carbonyl (C=O) groups is 4. The van der Waals surface area contributed by atoms with Crippen molar-refractivity contribution in [2.45, 2.75) is 5.92 Å². The first-order chi connectivity index (χ1) is 17.3. The van der Waals surface area contributed by atoms with Gasteiger partial charge in [0, 0.05) is 28.2 Å². The van der Waals surface area contributed by atoms with Crippen LogP contribution in [0.5, 0.6) is 11.5 Å². The van der Waals surface area contributed by atoms with Gasteiger partial charge in [-0.25, -0.2) is 0 Å². The van der Waals surface area contributed by atoms with E-state index in [0.29, 0.717) is 0 Å². The number of methoxy groups -OCH3 is 1. The second-order valence-electron chi connectivity index (χ2n) is 8.30. The molecule has 5 rings (SSSR count). The summed E-state index contributed by atoms with van der Waals surface area (Å²) in [5, 5.41) is 32.5. The van der Waals surface area contributed by atoms with Gasteiger partial charge >= 0.3 is 0 Å². The first kappa shape index (κ1) is 22.8. The van der Waals surface area contributed by atoms with Crippen LogP contribution >= 0.6 is 0 Å². The van der Waals surface area contributed by atoms with Crippen LogP contribution in [-0.4, -0.2) is 45.6 Å². The third-order valence-corrected chi connectivity index (χ3v) is 6.38. The molecule has 0 fully saturated rings. The highest BCUT2D eigenvalue weighted by Crippen LogP contribution is 2.46. The highest BCUT2D eigenvalue weighted by atomic mass is 16.5. The van der Waals surface area contributed by atoms with Crippen LogP contribution in [-0.2, 0) is 9.59 Å². The first-order valence-corrected chi connectivity index (χ1v) is 10.9. The molecule has 0 aromatic heterocycles. The summed E-state index contributed by atoms with van der Waals surface area (Å²) in [6.07, 6.45) is 0. The lowest BCUT2D eigenvalue weighted by Gasteiger charge is -2.29. The van der Waals surface area contributed by atoms with Crippen LogP contribution in [0, 0.1) is 0 Å². The van der Waals surface area contributed by atoms with Crippen molar-refractivity contribution in [3.63, 3.8) is 0 Å². The zero-order valence-corrected chi connectivity index (χ0v) is 18.8. The van der Waals surface area contributed by atoms with Gasteiger partial charge in [0.05, 0.1) is 18.3 Å². The van der Waals surface area contributed by atoms with Gasteiger partial charge in [0.25, 0.3) is 0 Å². The standard InChI is InChI=1S/C28H18O8/c1-36-19-12-13(10-11-18(19)29)20(21-23(30)14-6-2-4-8-16(14)25(32)27(21)34)22-24(31)15-7-3-5-9-17(15)26(33)28(22)35/h2-12,20,29-31H,1H3. The maximum atomic E-state index is 13.4. The van der Waals surface area contributed by atoms with Crippen LogP contribution in [0.25, 0.3) is 11.5 Å². The lowest BCUT2D eigenvalue weighted by molar-refractivity contribution is -0.112. The van der Waals surface area contributed by atoms with Gasteiger partial charge < -0.3 is 20.1 Å². The Morgan fingerprint density at radius 3 is 1.50 bits per heavy atom. The van der Waals surface area contributed by atoms with Crippen molar-refractivity contribution in [2.75, 3.05) is 7.11 Å². The number of ether oxygens (including phenoxy) is 1. The molecule has 178 valence electrons. The minimum Gasteiger partial charge on any atom is -0.507 e. The molecule has 0 aliphatic heterocycles. The van der Waals surface area contributed by atoms with Gasteiger partial charge in [-0.2, -0.15) is 0 Å². The van der Waals surface area contributed by atoms with Crippen molar-refractivity contribution >= 4 is 34.7 Å². The monoisotopic (exact) mass is 482 g/mol. The number of rotatable bonds is 4. The Morgan fingerprint density at radius 1 is 0.611 bits per heavy atom. The molecule has 0 unspecified atom stereocenters. The molecule has 2 aliphatic carbocycles. The summed E-state index contributed by atoms with van der Waals surface area (Å²) in [6.45, 7) is 0. The Bertz CT molecular complexity index is 1480. The quantitative estimate of drug-likeness (QED) is 0.475. The summed E-state index contributed by atoms with van der Waals surface area (Å²) >= 11 is 0. The lowest BCUT2D eigenvalue weighted by Crippen LogP contribution is -2.33. The molecule has 8 heteroatoms. The van der Waals surface area contributed by atoms with E-state index in [4.69, 9.17) is 4.74 Å². The number of fused-ring (bicyclic) bond motifs is 2. The molecule has 2 aliphatic rings. The normalized spacial score (nSPS) is 15.4. The first-order valence-electron chi connectivity index (χ1n) is 10.9. The summed E-state index contributed by atoms with van der Waals surface area (Å²) < 4.78 is 5.16. The van der Waals surface area contributed by atoms with E-state index < -0.39 is 51.7 Å². The van der Waals surface area contributed by atoms with Crippen LogP contribution in [0.4, 0.5) is 0 Å². The van der Waals surface area contributed by atoms with Gasteiger partial charge in [0.1, 0.15) is 11.5 Å². The maximum Gasteiger partial charge on any atom is 0.234 e. The smallest absolute Gasteiger partial charge is 0.234 e. The Labute approximate surface area is 204 Å². The van der Waals surface area contributed by atoms with E-state index in [9.17, 15) is 34.5 Å². The molecule has 0 radical (unpaired) electrons. The Kier molecular flexibility index (Phi) is 5.29. The predicted molar refractivity (Wildman–Crippen MR) is 128 cm³/mol. The predicted octanol–water partition coefficient (Wildman–Crippen LogP) is 3.95. The van der Waals surface area contributed by atoms with E-state index in [1.165, 1.54) is 49.6 Å². The minimum atomic E-state index is -1.53. The third-order valence-electron chi connectivity index (χ3n) is 6.38. The highest BCUT2D eigenvalue weighted by Gasteiger charge is 2.45. The van der Waals surface area contributed by atoms with Crippen molar-refractivity contribution in [3.8, 4) is 11.5 Å². The topological polar surface area (TPSA) is 138 Å². The number of aliphatic hydroxyl groups is 2. The number of carbonyl (C=O) groups excluding carboxylic acids is 4. The molecule has 0 saturated heterocycles. The van der Waals surface area contributed by atoms with Crippen molar-refractivity contribution < 1.29 is 39.2 Å². The number of hydrogen-bond acceptors (Lipinski definition) is 8. The average Bonchev–Trinajstić information content (AvgIpc) is 2.90. The second kappa shape index (κ2) is 8.35. The Balaban J connectivity index is 1.87. The van der Waals surface area contributed by atoms with Gasteiger partial charge in [-0.3, -0.25) is 19.2 Å². The van der Waals surface area contributed by atoms with E-state index >= 15 is 0 Å². The average molecular weight is 482 g/mol. The number of hydrogen-bond donors (Lipinski definition) is 3. The van der Waals surface area contributed by atoms with Gasteiger partial charge in [-0.15, -0.1) is 0 Å². The largest absolute Gasteiger partial charge is 0.507 e. The second-order valence-corrected chi connectivity index (χ2v) is 8.30. The number of phenolic OH excluding ortho intramolecular Hbond substituents is 1. The zero-order valence-electron chi connectivity index (χ0n) is 18.8. The molecule has 3 aromatic carbocycles. The van der Waals surface area contributed by atoms with Crippen molar-refractivity contribution in [3.05, 3.63) is 106 Å². The molecular formula is C28H18O8. The molecule has 3 aromatic rings. The van der Waals surface area contributed by atoms with Gasteiger partial charge in [-0.1, -0.05) is 54.6 Å². The van der Waals surface area contributed by atoms with E-state index in [-0.39, 0.29) is 39.3 Å². The van der Waals surface area contributed by atoms with Crippen molar-refractivity contribution in [1.29, 1.82) is 0 Å². The van der Waals surface area contributed by atoms with Gasteiger partial charge in [0.2, 0.25) is 23.1 Å². The van der Waals surface area contributed by atoms with Crippen molar-refractivity contribution in [2.24, 2.45) is 0 Å². The number of aromatic hydroxyl groups is 1. The molecule has 0 bridgehead atoms. The Morgan fingerprint density at radius 2 is 1.06 bits per heavy atom. The van der Waals surface area contributed by atoms with Crippen LogP contribution in [0.3, 0.4) is 0 Å². The number of allylic oxidation sites excluding steroid dienone is 2. The Hall–Kier alpha value is -4.98. The molecule has 3 N–H and O–H groups in total. The maximum absolute atomic E-state index is 13.4. The molecule has 36 heavy (non-hydrogen) atoms. The van der Waals surface area contributed by atoms with Crippen LogP contribution in [0.1, 0.15) is 43.3 Å². The SMILES string of the molecule is COc1cc(C(C2=C(O)c3ccccc3C(=O)C2=O)C2=C(O)c3ccccc3C(=O)C2=O)ccc1O. The molecule has 0 atom stereocenters. The number of benzene rings is 3. The van der Waals surface area contributed by atoms with E-state index in [1.807, 2.05) is 0 Å². The summed E-state index contributed by atoms with van der Waals surface area (Å²) in [6, 6.07) is 15.8. The minimum absolute atomic E-state index is 0.0135. The third kappa shape index (κ3) is 3.23. The fourth-order valence-corrected chi connectivity index (χ4v) is 4.66. The summed E-state index contributed by atoms with van der Waals surface area (Å²) in [5.41, 5.74) is -0.720. The molecule has 0 spiro atoms. The molecular weight excluding hydrogens is 464 g/mol. The zero-order chi connectivity index (χ0) is 25.7. The number of ketones is 4. The van der Waals surface area contributed by atoms with Crippen molar-refractivity contribution in [1.82, 2.24) is 0 Å². The lowest BCUT2D eigenvalue weighted by atomic mass is 9.72. The molecule has 0 amide bonds. The summed E-state index contributed by atoms with van der Waals surface area (Å²) in [4.78, 5) is 52.7. The summed E-state index contributed by atoms with van der Waals surface area (Å²) in [7, 11) is 1.29. The number of aliphatic hydroxyl groups excluding tert-OH is 2. The number of phenols is 1. The highest BCUT2D eigenvalue weighted by molar-refractivity contribution is 6.55. The van der Waals surface area contributed by atoms with E-state index in [1.54, 1.807) is 24.3 Å². The van der Waals surface area contributed by atoms with Crippen LogP contribution in [0.15, 0.2) is 77.9 Å². The van der Waals surface area contributed by atoms with Gasteiger partial charge in [-0.05, 0) is 17.7 Å². The molecule has 0 saturated carbocycles. The molecule has 8 nitrogen and oxygen atoms in total. The van der Waals surface area contributed by atoms with Crippen LogP contribution < -0.4 is 4.74 Å². The number of Topliss-reactive ketones (excluding diaryl/α,β-unsaturated/α-hetero) is 4. The fourth-order valence-electron chi connectivity index (χ4n) is 4.66. The molecule has 0 heterocycles. The van der Waals surface area contributed by atoms with E-state index in [2.05, 4.69) is 0 Å². The van der Waals surface area contributed by atoms with Crippen LogP contribution in [0.2, 0.25) is 0 Å². The summed E-state index contributed by atoms with van der Waals surface area (Å²) in [5.74, 6) is -6.95. The van der Waals surface area contributed by atoms with E-state index in [0.717, 1.165) is 0 Å².